The van der Waals surface area contributed by atoms with E-state index in [0.29, 0.717) is 12.1 Å². The number of carbonyl (C=O) groups excluding carboxylic acids is 1. The van der Waals surface area contributed by atoms with Gasteiger partial charge < -0.3 is 9.80 Å². The maximum Gasteiger partial charge on any atom is 0.274 e. The van der Waals surface area contributed by atoms with Gasteiger partial charge in [-0.3, -0.25) is 19.8 Å². The first kappa shape index (κ1) is 29.6. The summed E-state index contributed by atoms with van der Waals surface area (Å²) in [5.74, 6) is -0.111. The van der Waals surface area contributed by atoms with Gasteiger partial charge in [-0.2, -0.15) is 0 Å². The second-order valence-corrected chi connectivity index (χ2v) is 9.61. The molecule has 0 N–H and O–H groups in total. The van der Waals surface area contributed by atoms with E-state index in [1.807, 2.05) is 23.1 Å². The summed E-state index contributed by atoms with van der Waals surface area (Å²) in [5.41, 5.74) is 1.38. The van der Waals surface area contributed by atoms with Gasteiger partial charge in [0.05, 0.1) is 27.4 Å². The standard InChI is InChI=1S/C24H28Cl2N4O3.2ClH/c25-21-12-19(23(30(32)33)14-22(21)26)13-24(31)29-11-10-28(15-18-6-2-1-3-7-18)17-20(29)16-27-8-4-5-9-27;;/h1-3,6-7,12,14,20H,4-5,8-11,13,15-17H2;2*1H. The number of nitro benzene ring substituents is 1. The second kappa shape index (κ2) is 13.6. The maximum absolute atomic E-state index is 13.4. The van der Waals surface area contributed by atoms with Crippen molar-refractivity contribution in [2.75, 3.05) is 39.3 Å². The van der Waals surface area contributed by atoms with Crippen LogP contribution in [-0.2, 0) is 17.8 Å². The number of nitro groups is 1. The van der Waals surface area contributed by atoms with Crippen LogP contribution in [0.25, 0.3) is 0 Å². The van der Waals surface area contributed by atoms with Gasteiger partial charge in [0.25, 0.3) is 5.69 Å². The third-order valence-corrected chi connectivity index (χ3v) is 7.19. The Bertz CT molecular complexity index is 1010. The van der Waals surface area contributed by atoms with Gasteiger partial charge in [0.15, 0.2) is 0 Å². The Hall–Kier alpha value is -1.61. The van der Waals surface area contributed by atoms with Crippen LogP contribution in [0, 0.1) is 10.1 Å². The van der Waals surface area contributed by atoms with Crippen LogP contribution < -0.4 is 0 Å². The second-order valence-electron chi connectivity index (χ2n) is 8.80. The summed E-state index contributed by atoms with van der Waals surface area (Å²) < 4.78 is 0. The number of likely N-dealkylation sites (tertiary alicyclic amines) is 1. The van der Waals surface area contributed by atoms with E-state index in [2.05, 4.69) is 21.9 Å². The quantitative estimate of drug-likeness (QED) is 0.346. The fourth-order valence-corrected chi connectivity index (χ4v) is 5.15. The van der Waals surface area contributed by atoms with Gasteiger partial charge in [-0.25, -0.2) is 0 Å². The Morgan fingerprint density at radius 3 is 2.29 bits per heavy atom. The summed E-state index contributed by atoms with van der Waals surface area (Å²) in [7, 11) is 0. The third kappa shape index (κ3) is 7.68. The molecule has 11 heteroatoms. The summed E-state index contributed by atoms with van der Waals surface area (Å²) in [6.45, 7) is 5.91. The zero-order valence-electron chi connectivity index (χ0n) is 19.3. The molecule has 2 aliphatic rings. The number of carbonyl (C=O) groups is 1. The van der Waals surface area contributed by atoms with E-state index in [9.17, 15) is 14.9 Å². The maximum atomic E-state index is 13.4. The number of hydrogen-bond acceptors (Lipinski definition) is 5. The highest BCUT2D eigenvalue weighted by Crippen LogP contribution is 2.31. The molecule has 192 valence electrons. The molecule has 1 atom stereocenters. The summed E-state index contributed by atoms with van der Waals surface area (Å²) in [5, 5.41) is 11.8. The van der Waals surface area contributed by atoms with Crippen molar-refractivity contribution in [3.05, 3.63) is 73.8 Å². The molecule has 0 aliphatic carbocycles. The lowest BCUT2D eigenvalue weighted by molar-refractivity contribution is -0.385. The van der Waals surface area contributed by atoms with Gasteiger partial charge in [0.2, 0.25) is 5.91 Å². The number of piperazine rings is 1. The molecular formula is C24H30Cl4N4O3. The fourth-order valence-electron chi connectivity index (χ4n) is 4.81. The molecule has 0 aromatic heterocycles. The highest BCUT2D eigenvalue weighted by Gasteiger charge is 2.33. The van der Waals surface area contributed by atoms with Gasteiger partial charge >= 0.3 is 0 Å². The first-order chi connectivity index (χ1) is 15.9. The van der Waals surface area contributed by atoms with Gasteiger partial charge in [-0.15, -0.1) is 24.8 Å². The SMILES string of the molecule is Cl.Cl.O=C(Cc1cc(Cl)c(Cl)cc1[N+](=O)[O-])N1CCN(Cc2ccccc2)CC1CN1CCCC1. The van der Waals surface area contributed by atoms with Gasteiger partial charge in [0.1, 0.15) is 0 Å². The number of halogens is 4. The fraction of sp³-hybridized carbons (Fsp3) is 0.458. The average molecular weight is 564 g/mol. The third-order valence-electron chi connectivity index (χ3n) is 6.46. The van der Waals surface area contributed by atoms with Crippen LogP contribution in [0.5, 0.6) is 0 Å². The van der Waals surface area contributed by atoms with Crippen molar-refractivity contribution in [2.24, 2.45) is 0 Å². The van der Waals surface area contributed by atoms with Crippen molar-refractivity contribution in [2.45, 2.75) is 31.8 Å². The van der Waals surface area contributed by atoms with E-state index >= 15 is 0 Å². The minimum absolute atomic E-state index is 0. The van der Waals surface area contributed by atoms with Crippen LogP contribution in [-0.4, -0.2) is 70.8 Å². The molecule has 0 bridgehead atoms. The van der Waals surface area contributed by atoms with Crippen LogP contribution in [0.4, 0.5) is 5.69 Å². The van der Waals surface area contributed by atoms with Crippen LogP contribution in [0.2, 0.25) is 10.0 Å². The zero-order valence-corrected chi connectivity index (χ0v) is 22.4. The van der Waals surface area contributed by atoms with E-state index in [4.69, 9.17) is 23.2 Å². The molecule has 2 fully saturated rings. The van der Waals surface area contributed by atoms with Crippen molar-refractivity contribution < 1.29 is 9.72 Å². The van der Waals surface area contributed by atoms with E-state index < -0.39 is 4.92 Å². The van der Waals surface area contributed by atoms with Crippen LogP contribution >= 0.6 is 48.0 Å². The Labute approximate surface area is 228 Å². The Kier molecular flexibility index (Phi) is 11.5. The smallest absolute Gasteiger partial charge is 0.274 e. The summed E-state index contributed by atoms with van der Waals surface area (Å²) in [6.07, 6.45) is 2.30. The van der Waals surface area contributed by atoms with E-state index in [0.717, 1.165) is 39.3 Å². The first-order valence-corrected chi connectivity index (χ1v) is 12.1. The van der Waals surface area contributed by atoms with Crippen molar-refractivity contribution in [3.8, 4) is 0 Å². The molecular weight excluding hydrogens is 534 g/mol. The molecule has 2 aliphatic heterocycles. The normalized spacial score (nSPS) is 18.6. The van der Waals surface area contributed by atoms with Gasteiger partial charge in [-0.05, 0) is 37.6 Å². The molecule has 1 amide bonds. The minimum Gasteiger partial charge on any atom is -0.336 e. The Morgan fingerprint density at radius 1 is 0.971 bits per heavy atom. The van der Waals surface area contributed by atoms with Crippen LogP contribution in [0.15, 0.2) is 42.5 Å². The molecule has 2 aromatic rings. The molecule has 2 heterocycles. The predicted molar refractivity (Wildman–Crippen MR) is 144 cm³/mol. The van der Waals surface area contributed by atoms with Crippen molar-refractivity contribution >= 4 is 59.6 Å². The highest BCUT2D eigenvalue weighted by atomic mass is 35.5. The van der Waals surface area contributed by atoms with E-state index in [1.165, 1.54) is 30.5 Å². The number of nitrogens with zero attached hydrogens (tertiary/aromatic N) is 4. The van der Waals surface area contributed by atoms with Crippen LogP contribution in [0.3, 0.4) is 0 Å². The summed E-state index contributed by atoms with van der Waals surface area (Å²) >= 11 is 12.1. The summed E-state index contributed by atoms with van der Waals surface area (Å²) in [4.78, 5) is 31.1. The molecule has 0 saturated carbocycles. The van der Waals surface area contributed by atoms with Crippen molar-refractivity contribution in [1.82, 2.24) is 14.7 Å². The number of rotatable bonds is 7. The predicted octanol–water partition coefficient (Wildman–Crippen LogP) is 5.10. The topological polar surface area (TPSA) is 69.9 Å². The zero-order chi connectivity index (χ0) is 23.4. The number of amides is 1. The molecule has 4 rings (SSSR count). The van der Waals surface area contributed by atoms with E-state index in [1.54, 1.807) is 0 Å². The molecule has 2 saturated heterocycles. The van der Waals surface area contributed by atoms with Gasteiger partial charge in [0, 0.05) is 44.4 Å². The Balaban J connectivity index is 0.00000216. The molecule has 2 aromatic carbocycles. The molecule has 35 heavy (non-hydrogen) atoms. The molecule has 0 spiro atoms. The molecule has 0 radical (unpaired) electrons. The molecule has 7 nitrogen and oxygen atoms in total. The van der Waals surface area contributed by atoms with Gasteiger partial charge in [-0.1, -0.05) is 53.5 Å². The Morgan fingerprint density at radius 2 is 1.63 bits per heavy atom. The molecule has 1 unspecified atom stereocenters. The lowest BCUT2D eigenvalue weighted by Gasteiger charge is -2.43. The number of benzene rings is 2. The highest BCUT2D eigenvalue weighted by molar-refractivity contribution is 6.42. The van der Waals surface area contributed by atoms with Crippen molar-refractivity contribution in [1.29, 1.82) is 0 Å². The van der Waals surface area contributed by atoms with Crippen molar-refractivity contribution in [3.63, 3.8) is 0 Å². The average Bonchev–Trinajstić information content (AvgIpc) is 3.30. The first-order valence-electron chi connectivity index (χ1n) is 11.3. The minimum atomic E-state index is -0.510. The lowest BCUT2D eigenvalue weighted by Crippen LogP contribution is -2.58. The number of hydrogen-bond donors (Lipinski definition) is 0. The van der Waals surface area contributed by atoms with E-state index in [-0.39, 0.29) is 58.9 Å². The summed E-state index contributed by atoms with van der Waals surface area (Å²) in [6, 6.07) is 13.1. The lowest BCUT2D eigenvalue weighted by atomic mass is 10.1. The monoisotopic (exact) mass is 562 g/mol. The van der Waals surface area contributed by atoms with Crippen LogP contribution in [0.1, 0.15) is 24.0 Å². The largest absolute Gasteiger partial charge is 0.336 e.